The van der Waals surface area contributed by atoms with Gasteiger partial charge >= 0.3 is 0 Å². The van der Waals surface area contributed by atoms with Crippen molar-refractivity contribution >= 4 is 5.91 Å². The van der Waals surface area contributed by atoms with Gasteiger partial charge in [-0.15, -0.1) is 0 Å². The molecule has 0 saturated carbocycles. The van der Waals surface area contributed by atoms with Gasteiger partial charge in [0, 0.05) is 33.5 Å². The van der Waals surface area contributed by atoms with E-state index in [-0.39, 0.29) is 11.9 Å². The molecule has 1 heterocycles. The minimum absolute atomic E-state index is 0.0451. The Morgan fingerprint density at radius 2 is 2.28 bits per heavy atom. The zero-order chi connectivity index (χ0) is 13.4. The smallest absolute Gasteiger partial charge is 0.236 e. The van der Waals surface area contributed by atoms with E-state index in [0.717, 1.165) is 0 Å². The second-order valence-electron chi connectivity index (χ2n) is 3.94. The summed E-state index contributed by atoms with van der Waals surface area (Å²) in [5.74, 6) is 1.15. The minimum Gasteiger partial charge on any atom is -0.383 e. The Kier molecular flexibility index (Phi) is 6.31. The molecule has 0 aromatic carbocycles. The van der Waals surface area contributed by atoms with Crippen molar-refractivity contribution in [2.45, 2.75) is 26.3 Å². The van der Waals surface area contributed by atoms with Crippen LogP contribution in [0.2, 0.25) is 0 Å². The number of ether oxygens (including phenoxy) is 1. The number of rotatable bonds is 8. The van der Waals surface area contributed by atoms with E-state index in [1.165, 1.54) is 0 Å². The summed E-state index contributed by atoms with van der Waals surface area (Å²) >= 11 is 0. The molecule has 7 nitrogen and oxygen atoms in total. The van der Waals surface area contributed by atoms with Gasteiger partial charge in [0.1, 0.15) is 0 Å². The topological polar surface area (TPSA) is 89.3 Å². The number of aryl methyl sites for hydroxylation is 1. The number of carbonyl (C=O) groups excluding carboxylic acids is 1. The second kappa shape index (κ2) is 7.78. The maximum atomic E-state index is 11.6. The Hall–Kier alpha value is -1.47. The highest BCUT2D eigenvalue weighted by Crippen LogP contribution is 1.95. The quantitative estimate of drug-likeness (QED) is 0.619. The molecule has 102 valence electrons. The standard InChI is InChI=1S/C11H20N4O3/c1-8(11(16)13-6-7-17-3)12-5-4-10-14-9(2)18-15-10/h8,12H,4-7H2,1-3H3,(H,13,16). The number of nitrogens with one attached hydrogen (secondary N) is 2. The highest BCUT2D eigenvalue weighted by atomic mass is 16.5. The number of hydrogen-bond acceptors (Lipinski definition) is 6. The molecule has 0 bridgehead atoms. The third-order valence-electron chi connectivity index (χ3n) is 2.37. The molecule has 1 amide bonds. The largest absolute Gasteiger partial charge is 0.383 e. The Morgan fingerprint density at radius 3 is 2.89 bits per heavy atom. The normalized spacial score (nSPS) is 12.4. The third-order valence-corrected chi connectivity index (χ3v) is 2.37. The first kappa shape index (κ1) is 14.6. The van der Waals surface area contributed by atoms with E-state index >= 15 is 0 Å². The van der Waals surface area contributed by atoms with Crippen molar-refractivity contribution < 1.29 is 14.1 Å². The van der Waals surface area contributed by atoms with Crippen LogP contribution < -0.4 is 10.6 Å². The molecule has 0 aliphatic carbocycles. The molecule has 0 saturated heterocycles. The fourth-order valence-corrected chi connectivity index (χ4v) is 1.37. The van der Waals surface area contributed by atoms with Gasteiger partial charge in [-0.3, -0.25) is 4.79 Å². The summed E-state index contributed by atoms with van der Waals surface area (Å²) in [5.41, 5.74) is 0. The van der Waals surface area contributed by atoms with E-state index in [0.29, 0.717) is 37.8 Å². The first-order valence-electron chi connectivity index (χ1n) is 5.92. The van der Waals surface area contributed by atoms with Crippen LogP contribution in [-0.2, 0) is 16.0 Å². The van der Waals surface area contributed by atoms with E-state index < -0.39 is 0 Å². The Bertz CT molecular complexity index is 367. The summed E-state index contributed by atoms with van der Waals surface area (Å²) in [6.07, 6.45) is 0.632. The van der Waals surface area contributed by atoms with Crippen molar-refractivity contribution in [2.75, 3.05) is 26.8 Å². The van der Waals surface area contributed by atoms with E-state index in [1.807, 2.05) is 6.92 Å². The van der Waals surface area contributed by atoms with E-state index in [1.54, 1.807) is 14.0 Å². The van der Waals surface area contributed by atoms with Gasteiger partial charge in [-0.05, 0) is 6.92 Å². The number of nitrogens with zero attached hydrogens (tertiary/aromatic N) is 2. The maximum absolute atomic E-state index is 11.6. The predicted molar refractivity (Wildman–Crippen MR) is 65.1 cm³/mol. The number of carbonyl (C=O) groups is 1. The molecule has 2 N–H and O–H groups in total. The third kappa shape index (κ3) is 5.24. The first-order chi connectivity index (χ1) is 8.63. The highest BCUT2D eigenvalue weighted by molar-refractivity contribution is 5.81. The number of methoxy groups -OCH3 is 1. The summed E-state index contributed by atoms with van der Waals surface area (Å²) in [5, 5.41) is 9.63. The summed E-state index contributed by atoms with van der Waals surface area (Å²) < 4.78 is 9.70. The lowest BCUT2D eigenvalue weighted by molar-refractivity contribution is -0.122. The van der Waals surface area contributed by atoms with Crippen LogP contribution in [0.4, 0.5) is 0 Å². The molecule has 1 aromatic rings. The lowest BCUT2D eigenvalue weighted by Crippen LogP contribution is -2.43. The van der Waals surface area contributed by atoms with Crippen LogP contribution in [0.5, 0.6) is 0 Å². The van der Waals surface area contributed by atoms with Crippen LogP contribution in [0.3, 0.4) is 0 Å². The first-order valence-corrected chi connectivity index (χ1v) is 5.92. The van der Waals surface area contributed by atoms with Crippen LogP contribution in [-0.4, -0.2) is 48.9 Å². The van der Waals surface area contributed by atoms with Crippen LogP contribution >= 0.6 is 0 Å². The molecular formula is C11H20N4O3. The molecule has 1 atom stereocenters. The number of hydrogen-bond donors (Lipinski definition) is 2. The molecule has 1 unspecified atom stereocenters. The van der Waals surface area contributed by atoms with Crippen LogP contribution in [0.1, 0.15) is 18.6 Å². The molecule has 0 spiro atoms. The number of aromatic nitrogens is 2. The molecule has 0 aliphatic heterocycles. The molecule has 7 heteroatoms. The lowest BCUT2D eigenvalue weighted by atomic mass is 10.3. The van der Waals surface area contributed by atoms with Crippen molar-refractivity contribution in [2.24, 2.45) is 0 Å². The van der Waals surface area contributed by atoms with Gasteiger partial charge in [-0.25, -0.2) is 0 Å². The van der Waals surface area contributed by atoms with Crippen LogP contribution in [0.15, 0.2) is 4.52 Å². The summed E-state index contributed by atoms with van der Waals surface area (Å²) in [4.78, 5) is 15.7. The van der Waals surface area contributed by atoms with Crippen LogP contribution in [0.25, 0.3) is 0 Å². The van der Waals surface area contributed by atoms with Gasteiger partial charge in [0.25, 0.3) is 0 Å². The Labute approximate surface area is 106 Å². The minimum atomic E-state index is -0.255. The van der Waals surface area contributed by atoms with Gasteiger partial charge < -0.3 is 19.9 Å². The van der Waals surface area contributed by atoms with Gasteiger partial charge in [-0.1, -0.05) is 5.16 Å². The van der Waals surface area contributed by atoms with Crippen molar-refractivity contribution in [1.29, 1.82) is 0 Å². The second-order valence-corrected chi connectivity index (χ2v) is 3.94. The van der Waals surface area contributed by atoms with Crippen LogP contribution in [0, 0.1) is 6.92 Å². The SMILES string of the molecule is COCCNC(=O)C(C)NCCc1noc(C)n1. The summed E-state index contributed by atoms with van der Waals surface area (Å²) in [7, 11) is 1.60. The molecule has 0 radical (unpaired) electrons. The van der Waals surface area contributed by atoms with Gasteiger partial charge in [0.05, 0.1) is 12.6 Å². The van der Waals surface area contributed by atoms with E-state index in [2.05, 4.69) is 20.8 Å². The fourth-order valence-electron chi connectivity index (χ4n) is 1.37. The molecule has 1 rings (SSSR count). The molecule has 0 aliphatic rings. The number of amides is 1. The van der Waals surface area contributed by atoms with Crippen molar-refractivity contribution in [3.05, 3.63) is 11.7 Å². The molecular weight excluding hydrogens is 236 g/mol. The van der Waals surface area contributed by atoms with Crippen molar-refractivity contribution in [1.82, 2.24) is 20.8 Å². The average Bonchev–Trinajstić information content (AvgIpc) is 2.75. The predicted octanol–water partition coefficient (Wildman–Crippen LogP) is -0.339. The highest BCUT2D eigenvalue weighted by Gasteiger charge is 2.11. The van der Waals surface area contributed by atoms with E-state index in [4.69, 9.17) is 9.26 Å². The zero-order valence-electron chi connectivity index (χ0n) is 11.0. The molecule has 0 fully saturated rings. The monoisotopic (exact) mass is 256 g/mol. The fraction of sp³-hybridized carbons (Fsp3) is 0.727. The Morgan fingerprint density at radius 1 is 1.50 bits per heavy atom. The Balaban J connectivity index is 2.16. The summed E-state index contributed by atoms with van der Waals surface area (Å²) in [6, 6.07) is -0.255. The van der Waals surface area contributed by atoms with Crippen molar-refractivity contribution in [3.63, 3.8) is 0 Å². The molecule has 1 aromatic heterocycles. The lowest BCUT2D eigenvalue weighted by Gasteiger charge is -2.13. The van der Waals surface area contributed by atoms with E-state index in [9.17, 15) is 4.79 Å². The molecule has 18 heavy (non-hydrogen) atoms. The average molecular weight is 256 g/mol. The maximum Gasteiger partial charge on any atom is 0.236 e. The van der Waals surface area contributed by atoms with Gasteiger partial charge in [0.2, 0.25) is 11.8 Å². The van der Waals surface area contributed by atoms with Gasteiger partial charge in [-0.2, -0.15) is 4.98 Å². The van der Waals surface area contributed by atoms with Gasteiger partial charge in [0.15, 0.2) is 5.82 Å². The summed E-state index contributed by atoms with van der Waals surface area (Å²) in [6.45, 7) is 5.21. The van der Waals surface area contributed by atoms with Crippen molar-refractivity contribution in [3.8, 4) is 0 Å². The zero-order valence-corrected chi connectivity index (χ0v) is 11.0.